The number of hydrogen-bond donors (Lipinski definition) is 1. The molecule has 116 valence electrons. The average Bonchev–Trinajstić information content (AvgIpc) is 2.85. The number of carbonyl (C=O) groups excluding carboxylic acids is 1. The van der Waals surface area contributed by atoms with Crippen LogP contribution in [0.25, 0.3) is 0 Å². The van der Waals surface area contributed by atoms with Crippen LogP contribution in [0.3, 0.4) is 0 Å². The molecule has 1 aromatic heterocycles. The molecular weight excluding hydrogens is 399 g/mol. The Morgan fingerprint density at radius 2 is 2.09 bits per heavy atom. The normalized spacial score (nSPS) is 10.7. The second-order valence-corrected chi connectivity index (χ2v) is 5.48. The molecule has 1 heterocycles. The molecule has 0 aliphatic rings. The molecule has 7 nitrogen and oxygen atoms in total. The molecule has 0 atom stereocenters. The van der Waals surface area contributed by atoms with Gasteiger partial charge in [-0.2, -0.15) is 10.2 Å². The Morgan fingerprint density at radius 1 is 1.36 bits per heavy atom. The minimum atomic E-state index is -0.360. The van der Waals surface area contributed by atoms with Crippen molar-refractivity contribution >= 4 is 34.7 Å². The molecule has 22 heavy (non-hydrogen) atoms. The van der Waals surface area contributed by atoms with Crippen LogP contribution in [-0.2, 0) is 7.05 Å². The maximum atomic E-state index is 11.9. The summed E-state index contributed by atoms with van der Waals surface area (Å²) in [5, 5.41) is 8.00. The molecule has 0 fully saturated rings. The summed E-state index contributed by atoms with van der Waals surface area (Å²) in [6.07, 6.45) is 3.28. The Morgan fingerprint density at radius 3 is 2.68 bits per heavy atom. The Labute approximate surface area is 141 Å². The van der Waals surface area contributed by atoms with Crippen LogP contribution in [0.1, 0.15) is 16.1 Å². The van der Waals surface area contributed by atoms with Crippen LogP contribution in [0.5, 0.6) is 11.5 Å². The second-order valence-electron chi connectivity index (χ2n) is 4.31. The van der Waals surface area contributed by atoms with E-state index in [0.29, 0.717) is 17.2 Å². The first-order chi connectivity index (χ1) is 10.5. The van der Waals surface area contributed by atoms with Crippen LogP contribution in [-0.4, -0.2) is 36.1 Å². The summed E-state index contributed by atoms with van der Waals surface area (Å²) >= 11 is 2.05. The van der Waals surface area contributed by atoms with Gasteiger partial charge in [-0.05, 0) is 46.4 Å². The lowest BCUT2D eigenvalue weighted by Gasteiger charge is -2.07. The van der Waals surface area contributed by atoms with Gasteiger partial charge >= 0.3 is 0 Å². The summed E-state index contributed by atoms with van der Waals surface area (Å²) in [5.74, 6) is 0.866. The van der Waals surface area contributed by atoms with Crippen LogP contribution >= 0.6 is 22.6 Å². The Hall–Kier alpha value is -2.10. The summed E-state index contributed by atoms with van der Waals surface area (Å²) in [7, 11) is 4.88. The molecule has 0 spiro atoms. The van der Waals surface area contributed by atoms with E-state index in [0.717, 1.165) is 9.13 Å². The van der Waals surface area contributed by atoms with Crippen molar-refractivity contribution < 1.29 is 14.3 Å². The molecule has 0 bridgehead atoms. The largest absolute Gasteiger partial charge is 0.493 e. The van der Waals surface area contributed by atoms with Crippen molar-refractivity contribution in [2.75, 3.05) is 14.2 Å². The molecule has 0 aliphatic carbocycles. The number of aromatic nitrogens is 2. The standard InChI is InChI=1S/C14H15IN4O3/c1-19-8-10(15)13(18-19)14(20)17-16-7-9-4-5-11(21-2)12(6-9)22-3/h4-8H,1-3H3,(H,17,20). The van der Waals surface area contributed by atoms with E-state index >= 15 is 0 Å². The van der Waals surface area contributed by atoms with Crippen molar-refractivity contribution in [3.05, 3.63) is 39.2 Å². The zero-order valence-electron chi connectivity index (χ0n) is 12.3. The third kappa shape index (κ3) is 3.75. The van der Waals surface area contributed by atoms with Gasteiger partial charge in [0.25, 0.3) is 5.91 Å². The third-order valence-electron chi connectivity index (χ3n) is 2.79. The maximum Gasteiger partial charge on any atom is 0.292 e. The van der Waals surface area contributed by atoms with Crippen molar-refractivity contribution in [3.63, 3.8) is 0 Å². The lowest BCUT2D eigenvalue weighted by Crippen LogP contribution is -2.19. The molecule has 0 unspecified atom stereocenters. The summed E-state index contributed by atoms with van der Waals surface area (Å²) < 4.78 is 12.7. The third-order valence-corrected chi connectivity index (χ3v) is 3.58. The van der Waals surface area contributed by atoms with Crippen LogP contribution in [0.2, 0.25) is 0 Å². The van der Waals surface area contributed by atoms with E-state index in [-0.39, 0.29) is 5.91 Å². The number of halogens is 1. The van der Waals surface area contributed by atoms with E-state index in [9.17, 15) is 4.79 Å². The fraction of sp³-hybridized carbons (Fsp3) is 0.214. The van der Waals surface area contributed by atoms with E-state index < -0.39 is 0 Å². The number of ether oxygens (including phenoxy) is 2. The first-order valence-electron chi connectivity index (χ1n) is 6.29. The molecule has 2 aromatic rings. The van der Waals surface area contributed by atoms with Gasteiger partial charge < -0.3 is 9.47 Å². The van der Waals surface area contributed by atoms with Crippen molar-refractivity contribution in [2.45, 2.75) is 0 Å². The highest BCUT2D eigenvalue weighted by atomic mass is 127. The Bertz CT molecular complexity index is 712. The SMILES string of the molecule is COc1ccc(C=NNC(=O)c2nn(C)cc2I)cc1OC. The predicted octanol–water partition coefficient (Wildman–Crippen LogP) is 1.81. The van der Waals surface area contributed by atoms with E-state index in [4.69, 9.17) is 9.47 Å². The van der Waals surface area contributed by atoms with Crippen LogP contribution in [0, 0.1) is 3.57 Å². The van der Waals surface area contributed by atoms with Crippen LogP contribution < -0.4 is 14.9 Å². The number of amides is 1. The Balaban J connectivity index is 2.06. The molecule has 8 heteroatoms. The number of nitrogens with one attached hydrogen (secondary N) is 1. The average molecular weight is 414 g/mol. The van der Waals surface area contributed by atoms with Gasteiger partial charge in [-0.1, -0.05) is 0 Å². The van der Waals surface area contributed by atoms with Gasteiger partial charge in [0.15, 0.2) is 17.2 Å². The van der Waals surface area contributed by atoms with Gasteiger partial charge in [-0.15, -0.1) is 0 Å². The number of benzene rings is 1. The molecular formula is C14H15IN4O3. The molecule has 1 aromatic carbocycles. The highest BCUT2D eigenvalue weighted by Gasteiger charge is 2.13. The van der Waals surface area contributed by atoms with Gasteiger partial charge in [-0.3, -0.25) is 9.48 Å². The van der Waals surface area contributed by atoms with Crippen LogP contribution in [0.4, 0.5) is 0 Å². The molecule has 0 saturated heterocycles. The van der Waals surface area contributed by atoms with E-state index in [2.05, 4.69) is 38.2 Å². The minimum absolute atomic E-state index is 0.340. The number of nitrogens with zero attached hydrogens (tertiary/aromatic N) is 3. The smallest absolute Gasteiger partial charge is 0.292 e. The first-order valence-corrected chi connectivity index (χ1v) is 7.37. The predicted molar refractivity (Wildman–Crippen MR) is 90.5 cm³/mol. The topological polar surface area (TPSA) is 77.7 Å². The second kappa shape index (κ2) is 7.25. The summed E-state index contributed by atoms with van der Waals surface area (Å²) in [4.78, 5) is 11.9. The van der Waals surface area contributed by atoms with E-state index in [1.165, 1.54) is 6.21 Å². The number of rotatable bonds is 5. The fourth-order valence-electron chi connectivity index (χ4n) is 1.76. The molecule has 2 rings (SSSR count). The lowest BCUT2D eigenvalue weighted by molar-refractivity contribution is 0.0948. The van der Waals surface area contributed by atoms with Crippen molar-refractivity contribution in [1.29, 1.82) is 0 Å². The quantitative estimate of drug-likeness (QED) is 0.460. The van der Waals surface area contributed by atoms with E-state index in [1.54, 1.807) is 44.3 Å². The fourth-order valence-corrected chi connectivity index (χ4v) is 2.52. The maximum absolute atomic E-state index is 11.9. The number of carbonyl (C=O) groups is 1. The minimum Gasteiger partial charge on any atom is -0.493 e. The molecule has 1 amide bonds. The molecule has 0 aliphatic heterocycles. The summed E-state index contributed by atoms with van der Waals surface area (Å²) in [6.45, 7) is 0. The van der Waals surface area contributed by atoms with Crippen molar-refractivity contribution in [1.82, 2.24) is 15.2 Å². The zero-order chi connectivity index (χ0) is 16.1. The number of aryl methyl sites for hydroxylation is 1. The van der Waals surface area contributed by atoms with Crippen LogP contribution in [0.15, 0.2) is 29.5 Å². The van der Waals surface area contributed by atoms with Gasteiger partial charge in [-0.25, -0.2) is 5.43 Å². The lowest BCUT2D eigenvalue weighted by atomic mass is 10.2. The number of hydrazone groups is 1. The van der Waals surface area contributed by atoms with E-state index in [1.807, 2.05) is 6.07 Å². The molecule has 0 saturated carbocycles. The summed E-state index contributed by atoms with van der Waals surface area (Å²) in [5.41, 5.74) is 3.56. The summed E-state index contributed by atoms with van der Waals surface area (Å²) in [6, 6.07) is 5.34. The van der Waals surface area contributed by atoms with Gasteiger partial charge in [0.1, 0.15) is 0 Å². The molecule has 1 N–H and O–H groups in total. The highest BCUT2D eigenvalue weighted by molar-refractivity contribution is 14.1. The molecule has 0 radical (unpaired) electrons. The zero-order valence-corrected chi connectivity index (χ0v) is 14.5. The monoisotopic (exact) mass is 414 g/mol. The number of methoxy groups -OCH3 is 2. The Kier molecular flexibility index (Phi) is 5.36. The van der Waals surface area contributed by atoms with Gasteiger partial charge in [0.2, 0.25) is 0 Å². The van der Waals surface area contributed by atoms with Gasteiger partial charge in [0, 0.05) is 13.2 Å². The van der Waals surface area contributed by atoms with Gasteiger partial charge in [0.05, 0.1) is 24.0 Å². The number of hydrogen-bond acceptors (Lipinski definition) is 5. The van der Waals surface area contributed by atoms with Crippen molar-refractivity contribution in [2.24, 2.45) is 12.1 Å². The van der Waals surface area contributed by atoms with Crippen molar-refractivity contribution in [3.8, 4) is 11.5 Å². The first kappa shape index (κ1) is 16.3. The highest BCUT2D eigenvalue weighted by Crippen LogP contribution is 2.26.